The summed E-state index contributed by atoms with van der Waals surface area (Å²) in [5.74, 6) is 2.29. The Kier molecular flexibility index (Phi) is 3.12. The molecule has 1 aliphatic heterocycles. The Bertz CT molecular complexity index is 360. The van der Waals surface area contributed by atoms with Crippen molar-refractivity contribution in [3.8, 4) is 0 Å². The summed E-state index contributed by atoms with van der Waals surface area (Å²) in [5.41, 5.74) is 0. The lowest BCUT2D eigenvalue weighted by atomic mass is 10.2. The van der Waals surface area contributed by atoms with Crippen LogP contribution in [0.4, 0.5) is 5.82 Å². The Morgan fingerprint density at radius 1 is 1.64 bits per heavy atom. The molecule has 4 nitrogen and oxygen atoms in total. The van der Waals surface area contributed by atoms with Gasteiger partial charge in [-0.3, -0.25) is 4.21 Å². The summed E-state index contributed by atoms with van der Waals surface area (Å²) in [6.07, 6.45) is 4.14. The Morgan fingerprint density at radius 3 is 3.14 bits per heavy atom. The SMILES string of the molecule is O=S1CCC(Nc2ncncc2Br)C1. The van der Waals surface area contributed by atoms with Gasteiger partial charge in [0.1, 0.15) is 12.1 Å². The topological polar surface area (TPSA) is 54.9 Å². The van der Waals surface area contributed by atoms with Crippen LogP contribution in [0.25, 0.3) is 0 Å². The third-order valence-corrected chi connectivity index (χ3v) is 4.14. The van der Waals surface area contributed by atoms with Crippen molar-refractivity contribution in [1.29, 1.82) is 0 Å². The molecule has 2 atom stereocenters. The van der Waals surface area contributed by atoms with E-state index in [0.717, 1.165) is 28.2 Å². The van der Waals surface area contributed by atoms with Crippen LogP contribution in [-0.2, 0) is 10.8 Å². The Morgan fingerprint density at radius 2 is 2.50 bits per heavy atom. The van der Waals surface area contributed by atoms with Gasteiger partial charge in [0.2, 0.25) is 0 Å². The van der Waals surface area contributed by atoms with Crippen molar-refractivity contribution >= 4 is 32.5 Å². The largest absolute Gasteiger partial charge is 0.365 e. The summed E-state index contributed by atoms with van der Waals surface area (Å²) in [7, 11) is -0.654. The molecule has 2 rings (SSSR count). The van der Waals surface area contributed by atoms with Gasteiger partial charge in [-0.25, -0.2) is 9.97 Å². The van der Waals surface area contributed by atoms with Crippen LogP contribution in [0.5, 0.6) is 0 Å². The molecule has 0 spiro atoms. The van der Waals surface area contributed by atoms with Crippen molar-refractivity contribution in [3.63, 3.8) is 0 Å². The van der Waals surface area contributed by atoms with Crippen molar-refractivity contribution in [1.82, 2.24) is 9.97 Å². The highest BCUT2D eigenvalue weighted by Gasteiger charge is 2.21. The smallest absolute Gasteiger partial charge is 0.143 e. The number of anilines is 1. The number of rotatable bonds is 2. The Hall–Kier alpha value is -0.490. The molecule has 0 radical (unpaired) electrons. The molecule has 1 aromatic rings. The van der Waals surface area contributed by atoms with Crippen LogP contribution in [-0.4, -0.2) is 31.7 Å². The second-order valence-electron chi connectivity index (χ2n) is 3.16. The summed E-state index contributed by atoms with van der Waals surface area (Å²) in [5, 5.41) is 3.25. The zero-order valence-corrected chi connectivity index (χ0v) is 9.84. The predicted octanol–water partition coefficient (Wildman–Crippen LogP) is 1.17. The van der Waals surface area contributed by atoms with E-state index in [2.05, 4.69) is 31.2 Å². The van der Waals surface area contributed by atoms with E-state index in [4.69, 9.17) is 0 Å². The second kappa shape index (κ2) is 4.35. The maximum Gasteiger partial charge on any atom is 0.143 e. The lowest BCUT2D eigenvalue weighted by molar-refractivity contribution is 0.686. The molecule has 0 aromatic carbocycles. The van der Waals surface area contributed by atoms with E-state index in [1.165, 1.54) is 6.33 Å². The average molecular weight is 276 g/mol. The fourth-order valence-corrected chi connectivity index (χ4v) is 3.14. The molecule has 0 aliphatic carbocycles. The minimum absolute atomic E-state index is 0.280. The van der Waals surface area contributed by atoms with E-state index >= 15 is 0 Å². The molecule has 1 fully saturated rings. The number of halogens is 1. The van der Waals surface area contributed by atoms with Crippen LogP contribution in [0.15, 0.2) is 17.0 Å². The number of nitrogens with one attached hydrogen (secondary N) is 1. The van der Waals surface area contributed by atoms with Gasteiger partial charge < -0.3 is 5.32 Å². The molecule has 6 heteroatoms. The first-order chi connectivity index (χ1) is 6.75. The Labute approximate surface area is 93.1 Å². The second-order valence-corrected chi connectivity index (χ2v) is 5.64. The molecule has 1 aromatic heterocycles. The lowest BCUT2D eigenvalue weighted by Crippen LogP contribution is -2.20. The molecule has 1 N–H and O–H groups in total. The van der Waals surface area contributed by atoms with Gasteiger partial charge in [0.25, 0.3) is 0 Å². The minimum atomic E-state index is -0.654. The van der Waals surface area contributed by atoms with Gasteiger partial charge in [-0.15, -0.1) is 0 Å². The predicted molar refractivity (Wildman–Crippen MR) is 59.6 cm³/mol. The van der Waals surface area contributed by atoms with Gasteiger partial charge in [0.15, 0.2) is 0 Å². The van der Waals surface area contributed by atoms with E-state index in [-0.39, 0.29) is 6.04 Å². The van der Waals surface area contributed by atoms with Crippen LogP contribution >= 0.6 is 15.9 Å². The summed E-state index contributed by atoms with van der Waals surface area (Å²) in [6.45, 7) is 0. The van der Waals surface area contributed by atoms with Crippen LogP contribution in [0.2, 0.25) is 0 Å². The lowest BCUT2D eigenvalue weighted by Gasteiger charge is -2.11. The van der Waals surface area contributed by atoms with E-state index in [9.17, 15) is 4.21 Å². The monoisotopic (exact) mass is 275 g/mol. The van der Waals surface area contributed by atoms with Gasteiger partial charge in [0, 0.05) is 34.5 Å². The van der Waals surface area contributed by atoms with Crippen LogP contribution in [0, 0.1) is 0 Å². The third kappa shape index (κ3) is 2.30. The number of hydrogen-bond acceptors (Lipinski definition) is 4. The fourth-order valence-electron chi connectivity index (χ4n) is 1.39. The highest BCUT2D eigenvalue weighted by atomic mass is 79.9. The van der Waals surface area contributed by atoms with E-state index < -0.39 is 10.8 Å². The molecule has 0 bridgehead atoms. The van der Waals surface area contributed by atoms with Crippen LogP contribution in [0.1, 0.15) is 6.42 Å². The minimum Gasteiger partial charge on any atom is -0.365 e. The van der Waals surface area contributed by atoms with Gasteiger partial charge in [-0.2, -0.15) is 0 Å². The first-order valence-corrected chi connectivity index (χ1v) is 6.61. The molecule has 0 saturated carbocycles. The molecule has 1 saturated heterocycles. The maximum atomic E-state index is 11.2. The zero-order chi connectivity index (χ0) is 9.97. The van der Waals surface area contributed by atoms with Crippen molar-refractivity contribution in [2.75, 3.05) is 16.8 Å². The first kappa shape index (κ1) is 10.0. The van der Waals surface area contributed by atoms with E-state index in [0.29, 0.717) is 0 Å². The van der Waals surface area contributed by atoms with Gasteiger partial charge in [-0.1, -0.05) is 0 Å². The summed E-state index contributed by atoms with van der Waals surface area (Å²) < 4.78 is 12.0. The highest BCUT2D eigenvalue weighted by Crippen LogP contribution is 2.20. The van der Waals surface area contributed by atoms with E-state index in [1.54, 1.807) is 6.20 Å². The average Bonchev–Trinajstić information content (AvgIpc) is 2.56. The molecule has 1 aliphatic rings. The summed E-state index contributed by atoms with van der Waals surface area (Å²) in [6, 6.07) is 0.280. The van der Waals surface area contributed by atoms with Crippen molar-refractivity contribution in [2.24, 2.45) is 0 Å². The maximum absolute atomic E-state index is 11.2. The Balaban J connectivity index is 2.04. The molecule has 2 unspecified atom stereocenters. The standard InChI is InChI=1S/C8H10BrN3OS/c9-7-3-10-5-11-8(7)12-6-1-2-14(13)4-6/h3,5-6H,1-2,4H2,(H,10,11,12). The molecule has 76 valence electrons. The van der Waals surface area contributed by atoms with Crippen molar-refractivity contribution < 1.29 is 4.21 Å². The molecule has 0 amide bonds. The molecule has 2 heterocycles. The summed E-state index contributed by atoms with van der Waals surface area (Å²) >= 11 is 3.36. The van der Waals surface area contributed by atoms with Crippen molar-refractivity contribution in [2.45, 2.75) is 12.5 Å². The number of nitrogens with zero attached hydrogens (tertiary/aromatic N) is 2. The molecule has 14 heavy (non-hydrogen) atoms. The third-order valence-electron chi connectivity index (χ3n) is 2.09. The molecular weight excluding hydrogens is 266 g/mol. The van der Waals surface area contributed by atoms with Gasteiger partial charge in [-0.05, 0) is 22.4 Å². The van der Waals surface area contributed by atoms with Crippen LogP contribution in [0.3, 0.4) is 0 Å². The normalized spacial score (nSPS) is 26.4. The highest BCUT2D eigenvalue weighted by molar-refractivity contribution is 9.10. The summed E-state index contributed by atoms with van der Waals surface area (Å²) in [4.78, 5) is 7.98. The van der Waals surface area contributed by atoms with Crippen molar-refractivity contribution in [3.05, 3.63) is 17.0 Å². The quantitative estimate of drug-likeness (QED) is 0.881. The number of aromatic nitrogens is 2. The van der Waals surface area contributed by atoms with Gasteiger partial charge in [0.05, 0.1) is 4.47 Å². The zero-order valence-electron chi connectivity index (χ0n) is 7.44. The number of hydrogen-bond donors (Lipinski definition) is 1. The van der Waals surface area contributed by atoms with Crippen LogP contribution < -0.4 is 5.32 Å². The van der Waals surface area contributed by atoms with E-state index in [1.807, 2.05) is 0 Å². The first-order valence-electron chi connectivity index (χ1n) is 4.33. The molecular formula is C8H10BrN3OS. The fraction of sp³-hybridized carbons (Fsp3) is 0.500. The van der Waals surface area contributed by atoms with Gasteiger partial charge >= 0.3 is 0 Å².